The molecule has 15 heavy (non-hydrogen) atoms. The Morgan fingerprint density at radius 2 is 2.27 bits per heavy atom. The molecule has 1 aliphatic rings. The van der Waals surface area contributed by atoms with Crippen LogP contribution in [0.2, 0.25) is 0 Å². The van der Waals surface area contributed by atoms with E-state index in [0.717, 1.165) is 17.3 Å². The first-order valence-corrected chi connectivity index (χ1v) is 5.73. The summed E-state index contributed by atoms with van der Waals surface area (Å²) in [7, 11) is 1.42. The minimum Gasteiger partial charge on any atom is -0.469 e. The molecule has 0 atom stereocenters. The molecule has 0 aromatic carbocycles. The van der Waals surface area contributed by atoms with E-state index in [1.807, 2.05) is 0 Å². The summed E-state index contributed by atoms with van der Waals surface area (Å²) in [5, 5.41) is 0. The Morgan fingerprint density at radius 1 is 1.53 bits per heavy atom. The third-order valence-electron chi connectivity index (χ3n) is 2.30. The Morgan fingerprint density at radius 3 is 2.93 bits per heavy atom. The molecular weight excluding hydrogens is 256 g/mol. The minimum absolute atomic E-state index is 0.154. The zero-order chi connectivity index (χ0) is 11.3. The Kier molecular flexibility index (Phi) is 4.82. The van der Waals surface area contributed by atoms with Crippen LogP contribution in [0.4, 0.5) is 0 Å². The van der Waals surface area contributed by atoms with Gasteiger partial charge in [0.25, 0.3) is 0 Å². The summed E-state index contributed by atoms with van der Waals surface area (Å²) >= 11 is 3.49. The summed E-state index contributed by atoms with van der Waals surface area (Å²) in [5.41, 5.74) is 2.40. The fourth-order valence-electron chi connectivity index (χ4n) is 1.40. The van der Waals surface area contributed by atoms with Gasteiger partial charge < -0.3 is 4.74 Å². The molecule has 0 fully saturated rings. The van der Waals surface area contributed by atoms with Crippen molar-refractivity contribution in [2.24, 2.45) is 0 Å². The molecule has 1 rings (SSSR count). The van der Waals surface area contributed by atoms with E-state index < -0.39 is 0 Å². The summed E-state index contributed by atoms with van der Waals surface area (Å²) in [6.07, 6.45) is 8.47. The third-order valence-corrected chi connectivity index (χ3v) is 3.25. The van der Waals surface area contributed by atoms with Crippen LogP contribution < -0.4 is 0 Å². The standard InChI is InChI=1S/C12H15BrO2/c1-9-8-10(4-3-5-11(9)13)6-7-12(14)15-2/h4-5,8H,3,6-7H2,1-2H3. The first-order chi connectivity index (χ1) is 7.13. The number of carbonyl (C=O) groups is 1. The molecule has 3 heteroatoms. The molecule has 0 aromatic heterocycles. The summed E-state index contributed by atoms with van der Waals surface area (Å²) in [6, 6.07) is 0. The molecule has 0 spiro atoms. The first-order valence-electron chi connectivity index (χ1n) is 4.93. The van der Waals surface area contributed by atoms with E-state index in [9.17, 15) is 4.79 Å². The first kappa shape index (κ1) is 12.2. The number of carbonyl (C=O) groups excluding carboxylic acids is 1. The zero-order valence-corrected chi connectivity index (χ0v) is 10.6. The van der Waals surface area contributed by atoms with E-state index in [1.54, 1.807) is 0 Å². The van der Waals surface area contributed by atoms with E-state index in [0.29, 0.717) is 6.42 Å². The lowest BCUT2D eigenvalue weighted by molar-refractivity contribution is -0.140. The predicted molar refractivity (Wildman–Crippen MR) is 64.7 cm³/mol. The highest BCUT2D eigenvalue weighted by atomic mass is 79.9. The topological polar surface area (TPSA) is 26.3 Å². The molecule has 0 aliphatic heterocycles. The maximum Gasteiger partial charge on any atom is 0.305 e. The molecule has 0 saturated carbocycles. The van der Waals surface area contributed by atoms with Crippen LogP contribution in [0.1, 0.15) is 26.2 Å². The summed E-state index contributed by atoms with van der Waals surface area (Å²) in [6.45, 7) is 2.05. The number of halogens is 1. The minimum atomic E-state index is -0.154. The fraction of sp³-hybridized carbons (Fsp3) is 0.417. The maximum absolute atomic E-state index is 11.0. The number of hydrogen-bond acceptors (Lipinski definition) is 2. The lowest BCUT2D eigenvalue weighted by Crippen LogP contribution is -1.99. The van der Waals surface area contributed by atoms with Crippen molar-refractivity contribution in [3.8, 4) is 0 Å². The second kappa shape index (κ2) is 5.91. The van der Waals surface area contributed by atoms with Crippen LogP contribution in [0.3, 0.4) is 0 Å². The molecule has 0 unspecified atom stereocenters. The van der Waals surface area contributed by atoms with Crippen LogP contribution in [0.5, 0.6) is 0 Å². The zero-order valence-electron chi connectivity index (χ0n) is 9.05. The van der Waals surface area contributed by atoms with Gasteiger partial charge in [-0.3, -0.25) is 4.79 Å². The van der Waals surface area contributed by atoms with Gasteiger partial charge in [0.1, 0.15) is 0 Å². The number of hydrogen-bond donors (Lipinski definition) is 0. The van der Waals surface area contributed by atoms with Gasteiger partial charge in [-0.25, -0.2) is 0 Å². The van der Waals surface area contributed by atoms with E-state index in [1.165, 1.54) is 18.3 Å². The molecule has 0 bridgehead atoms. The van der Waals surface area contributed by atoms with Crippen LogP contribution in [-0.4, -0.2) is 13.1 Å². The Balaban J connectivity index is 2.57. The van der Waals surface area contributed by atoms with Crippen molar-refractivity contribution in [2.75, 3.05) is 7.11 Å². The van der Waals surface area contributed by atoms with Crippen LogP contribution in [-0.2, 0) is 9.53 Å². The highest BCUT2D eigenvalue weighted by Crippen LogP contribution is 2.24. The monoisotopic (exact) mass is 270 g/mol. The maximum atomic E-state index is 11.0. The average Bonchev–Trinajstić information content (AvgIpc) is 2.38. The van der Waals surface area contributed by atoms with Crippen molar-refractivity contribution in [1.29, 1.82) is 0 Å². The van der Waals surface area contributed by atoms with Gasteiger partial charge in [-0.1, -0.05) is 39.7 Å². The SMILES string of the molecule is COC(=O)CCC1=CCC=C(Br)C(C)=C1. The van der Waals surface area contributed by atoms with Gasteiger partial charge in [-0.2, -0.15) is 0 Å². The van der Waals surface area contributed by atoms with Gasteiger partial charge in [0.2, 0.25) is 0 Å². The third kappa shape index (κ3) is 4.04. The van der Waals surface area contributed by atoms with Gasteiger partial charge in [-0.05, 0) is 25.3 Å². The molecule has 0 aromatic rings. The Bertz CT molecular complexity index is 338. The van der Waals surface area contributed by atoms with Crippen LogP contribution in [0.25, 0.3) is 0 Å². The van der Waals surface area contributed by atoms with Crippen molar-refractivity contribution >= 4 is 21.9 Å². The second-order valence-electron chi connectivity index (χ2n) is 3.47. The van der Waals surface area contributed by atoms with Crippen LogP contribution >= 0.6 is 15.9 Å². The molecule has 0 saturated heterocycles. The number of esters is 1. The highest BCUT2D eigenvalue weighted by Gasteiger charge is 2.05. The molecule has 2 nitrogen and oxygen atoms in total. The Hall–Kier alpha value is -0.830. The lowest BCUT2D eigenvalue weighted by atomic mass is 10.1. The predicted octanol–water partition coefficient (Wildman–Crippen LogP) is 3.49. The van der Waals surface area contributed by atoms with Gasteiger partial charge in [0, 0.05) is 10.9 Å². The smallest absolute Gasteiger partial charge is 0.305 e. The normalized spacial score (nSPS) is 16.1. The van der Waals surface area contributed by atoms with E-state index in [2.05, 4.69) is 45.8 Å². The highest BCUT2D eigenvalue weighted by molar-refractivity contribution is 9.12. The second-order valence-corrected chi connectivity index (χ2v) is 4.32. The van der Waals surface area contributed by atoms with Crippen LogP contribution in [0, 0.1) is 0 Å². The van der Waals surface area contributed by atoms with Crippen molar-refractivity contribution < 1.29 is 9.53 Å². The molecule has 0 radical (unpaired) electrons. The van der Waals surface area contributed by atoms with Crippen molar-refractivity contribution in [2.45, 2.75) is 26.2 Å². The fourth-order valence-corrected chi connectivity index (χ4v) is 1.70. The van der Waals surface area contributed by atoms with Gasteiger partial charge in [-0.15, -0.1) is 0 Å². The van der Waals surface area contributed by atoms with Crippen molar-refractivity contribution in [3.05, 3.63) is 33.9 Å². The van der Waals surface area contributed by atoms with E-state index in [-0.39, 0.29) is 5.97 Å². The molecule has 0 heterocycles. The number of rotatable bonds is 3. The van der Waals surface area contributed by atoms with E-state index >= 15 is 0 Å². The summed E-state index contributed by atoms with van der Waals surface area (Å²) in [4.78, 5) is 11.0. The van der Waals surface area contributed by atoms with E-state index in [4.69, 9.17) is 0 Å². The summed E-state index contributed by atoms with van der Waals surface area (Å²) in [5.74, 6) is -0.154. The van der Waals surface area contributed by atoms with Gasteiger partial charge in [0.05, 0.1) is 7.11 Å². The number of allylic oxidation sites excluding steroid dienone is 6. The van der Waals surface area contributed by atoms with Crippen molar-refractivity contribution in [3.63, 3.8) is 0 Å². The molecule has 82 valence electrons. The average molecular weight is 271 g/mol. The molecular formula is C12H15BrO2. The van der Waals surface area contributed by atoms with Gasteiger partial charge >= 0.3 is 5.97 Å². The lowest BCUT2D eigenvalue weighted by Gasteiger charge is -2.02. The van der Waals surface area contributed by atoms with Crippen molar-refractivity contribution in [1.82, 2.24) is 0 Å². The van der Waals surface area contributed by atoms with Gasteiger partial charge in [0.15, 0.2) is 0 Å². The molecule has 0 amide bonds. The largest absolute Gasteiger partial charge is 0.469 e. The summed E-state index contributed by atoms with van der Waals surface area (Å²) < 4.78 is 5.74. The molecule has 1 aliphatic carbocycles. The molecule has 0 N–H and O–H groups in total. The quantitative estimate of drug-likeness (QED) is 0.734. The number of ether oxygens (including phenoxy) is 1. The van der Waals surface area contributed by atoms with Crippen LogP contribution in [0.15, 0.2) is 33.9 Å². The number of methoxy groups -OCH3 is 1. The Labute approximate surface area is 98.8 Å².